The van der Waals surface area contributed by atoms with Crippen LogP contribution >= 0.6 is 0 Å². The third-order valence-electron chi connectivity index (χ3n) is 5.46. The average molecular weight is 378 g/mol. The van der Waals surface area contributed by atoms with E-state index in [9.17, 15) is 14.9 Å². The van der Waals surface area contributed by atoms with Crippen molar-refractivity contribution in [3.63, 3.8) is 0 Å². The third kappa shape index (κ3) is 2.21. The van der Waals surface area contributed by atoms with Gasteiger partial charge in [-0.05, 0) is 25.0 Å². The molecule has 0 bridgehead atoms. The van der Waals surface area contributed by atoms with Crippen LogP contribution in [-0.2, 0) is 0 Å². The van der Waals surface area contributed by atoms with Gasteiger partial charge in [0.05, 0.1) is 0 Å². The molecule has 4 aromatic rings. The van der Waals surface area contributed by atoms with Gasteiger partial charge in [0, 0.05) is 12.8 Å². The minimum atomic E-state index is -0.739. The second kappa shape index (κ2) is 5.99. The number of benzene rings is 1. The Labute approximate surface area is 158 Å². The normalized spacial score (nSPS) is 14.9. The molecule has 0 aliphatic heterocycles. The lowest BCUT2D eigenvalue weighted by Gasteiger charge is -2.09. The highest BCUT2D eigenvalue weighted by Gasteiger charge is 2.28. The van der Waals surface area contributed by atoms with Crippen molar-refractivity contribution in [1.82, 2.24) is 19.5 Å². The fourth-order valence-corrected chi connectivity index (χ4v) is 4.04. The molecule has 0 unspecified atom stereocenters. The Kier molecular flexibility index (Phi) is 3.55. The number of aromatic nitrogens is 5. The molecule has 140 valence electrons. The topological polar surface area (TPSA) is 107 Å². The number of aryl methyl sites for hydroxylation is 1. The maximum atomic E-state index is 14.0. The van der Waals surface area contributed by atoms with Crippen LogP contribution in [0.4, 0.5) is 4.39 Å². The quantitative estimate of drug-likeness (QED) is 0.392. The summed E-state index contributed by atoms with van der Waals surface area (Å²) in [5.41, 5.74) is 1.19. The molecule has 3 heterocycles. The molecule has 9 heteroatoms. The summed E-state index contributed by atoms with van der Waals surface area (Å²) in [6, 6.07) is 4.39. The molecule has 0 spiro atoms. The molecule has 3 aromatic heterocycles. The van der Waals surface area contributed by atoms with Crippen LogP contribution in [0.15, 0.2) is 23.0 Å². The molecule has 1 aromatic carbocycles. The molecule has 1 aliphatic carbocycles. The number of hydrogen-bond donors (Lipinski definition) is 0. The molecule has 1 saturated carbocycles. The second-order valence-corrected chi connectivity index (χ2v) is 7.03. The van der Waals surface area contributed by atoms with Crippen molar-refractivity contribution < 1.29 is 13.6 Å². The van der Waals surface area contributed by atoms with Gasteiger partial charge in [0.2, 0.25) is 5.69 Å². The van der Waals surface area contributed by atoms with E-state index in [0.717, 1.165) is 25.7 Å². The Morgan fingerprint density at radius 3 is 2.89 bits per heavy atom. The minimum Gasteiger partial charge on any atom is -0.618 e. The summed E-state index contributed by atoms with van der Waals surface area (Å²) in [6.07, 6.45) is 5.89. The van der Waals surface area contributed by atoms with E-state index in [4.69, 9.17) is 4.52 Å². The van der Waals surface area contributed by atoms with E-state index in [0.29, 0.717) is 33.2 Å². The Hall–Kier alpha value is -3.54. The zero-order chi connectivity index (χ0) is 19.4. The fourth-order valence-electron chi connectivity index (χ4n) is 4.04. The van der Waals surface area contributed by atoms with Gasteiger partial charge in [0.25, 0.3) is 11.4 Å². The molecule has 0 saturated heterocycles. The van der Waals surface area contributed by atoms with E-state index in [2.05, 4.69) is 15.1 Å². The van der Waals surface area contributed by atoms with Gasteiger partial charge in [0.1, 0.15) is 29.2 Å². The molecule has 8 nitrogen and oxygen atoms in total. The predicted octanol–water partition coefficient (Wildman–Crippen LogP) is 3.15. The SMILES string of the molecule is Cc1c2c(-c3nc(C4CCCC4)no3)ncn2c2ccc(F)c(C#N)c2[n+]1[O-]. The molecular weight excluding hydrogens is 363 g/mol. The van der Waals surface area contributed by atoms with Gasteiger partial charge in [-0.3, -0.25) is 4.40 Å². The van der Waals surface area contributed by atoms with Crippen LogP contribution in [-0.4, -0.2) is 19.5 Å². The van der Waals surface area contributed by atoms with Crippen molar-refractivity contribution in [1.29, 1.82) is 5.26 Å². The standard InChI is InChI=1S/C19H15FN6O2/c1-10-16-15(19-23-18(24-28-19)11-4-2-3-5-11)22-9-25(16)14-7-6-13(20)12(8-21)17(14)26(10)27/h6-7,9,11H,2-5H2,1H3. The Balaban J connectivity index is 1.76. The number of nitrogens with zero attached hydrogens (tertiary/aromatic N) is 6. The zero-order valence-corrected chi connectivity index (χ0v) is 15.0. The number of rotatable bonds is 2. The van der Waals surface area contributed by atoms with Crippen LogP contribution in [0.25, 0.3) is 28.1 Å². The van der Waals surface area contributed by atoms with Gasteiger partial charge >= 0.3 is 0 Å². The van der Waals surface area contributed by atoms with Crippen molar-refractivity contribution in [2.24, 2.45) is 0 Å². The summed E-state index contributed by atoms with van der Waals surface area (Å²) >= 11 is 0. The second-order valence-electron chi connectivity index (χ2n) is 7.03. The first-order chi connectivity index (χ1) is 13.6. The minimum absolute atomic E-state index is 0.0337. The first kappa shape index (κ1) is 16.6. The molecule has 0 N–H and O–H groups in total. The summed E-state index contributed by atoms with van der Waals surface area (Å²) in [7, 11) is 0. The van der Waals surface area contributed by atoms with E-state index >= 15 is 0 Å². The molecule has 0 atom stereocenters. The van der Waals surface area contributed by atoms with Gasteiger partial charge in [0.15, 0.2) is 17.1 Å². The maximum absolute atomic E-state index is 14.0. The zero-order valence-electron chi connectivity index (χ0n) is 15.0. The summed E-state index contributed by atoms with van der Waals surface area (Å²) in [4.78, 5) is 8.88. The van der Waals surface area contributed by atoms with E-state index in [1.165, 1.54) is 18.5 Å². The average Bonchev–Trinajstić information content (AvgIpc) is 3.45. The van der Waals surface area contributed by atoms with Crippen molar-refractivity contribution in [2.75, 3.05) is 0 Å². The molecule has 0 radical (unpaired) electrons. The highest BCUT2D eigenvalue weighted by molar-refractivity contribution is 5.85. The van der Waals surface area contributed by atoms with Gasteiger partial charge in [-0.1, -0.05) is 18.0 Å². The Morgan fingerprint density at radius 2 is 2.14 bits per heavy atom. The molecule has 0 amide bonds. The lowest BCUT2D eigenvalue weighted by atomic mass is 10.1. The highest BCUT2D eigenvalue weighted by Crippen LogP contribution is 2.34. The Bertz CT molecular complexity index is 1280. The van der Waals surface area contributed by atoms with Gasteiger partial charge in [-0.15, -0.1) is 0 Å². The van der Waals surface area contributed by atoms with E-state index in [-0.39, 0.29) is 22.7 Å². The predicted molar refractivity (Wildman–Crippen MR) is 95.6 cm³/mol. The van der Waals surface area contributed by atoms with E-state index < -0.39 is 5.82 Å². The smallest absolute Gasteiger partial charge is 0.279 e. The molecular formula is C19H15FN6O2. The fraction of sp³-hybridized carbons (Fsp3) is 0.316. The molecule has 5 rings (SSSR count). The van der Waals surface area contributed by atoms with Crippen LogP contribution in [0.3, 0.4) is 0 Å². The van der Waals surface area contributed by atoms with Crippen LogP contribution in [0.2, 0.25) is 0 Å². The number of nitriles is 1. The Morgan fingerprint density at radius 1 is 1.36 bits per heavy atom. The number of imidazole rings is 1. The van der Waals surface area contributed by atoms with Crippen LogP contribution in [0.5, 0.6) is 0 Å². The van der Waals surface area contributed by atoms with Crippen molar-refractivity contribution >= 4 is 16.6 Å². The maximum Gasteiger partial charge on any atom is 0.279 e. The summed E-state index contributed by atoms with van der Waals surface area (Å²) in [5.74, 6) is 0.459. The van der Waals surface area contributed by atoms with Crippen LogP contribution < -0.4 is 4.73 Å². The number of hydrogen-bond acceptors (Lipinski definition) is 6. The molecule has 28 heavy (non-hydrogen) atoms. The first-order valence-electron chi connectivity index (χ1n) is 9.05. The van der Waals surface area contributed by atoms with Crippen molar-refractivity contribution in [3.8, 4) is 17.7 Å². The van der Waals surface area contributed by atoms with Crippen LogP contribution in [0, 0.1) is 29.3 Å². The first-order valence-corrected chi connectivity index (χ1v) is 9.05. The summed E-state index contributed by atoms with van der Waals surface area (Å²) in [5, 5.41) is 26.3. The van der Waals surface area contributed by atoms with Crippen molar-refractivity contribution in [3.05, 3.63) is 46.6 Å². The van der Waals surface area contributed by atoms with Gasteiger partial charge in [-0.2, -0.15) is 15.0 Å². The summed E-state index contributed by atoms with van der Waals surface area (Å²) < 4.78 is 21.7. The largest absolute Gasteiger partial charge is 0.618 e. The van der Waals surface area contributed by atoms with E-state index in [1.807, 2.05) is 0 Å². The number of halogens is 1. The number of fused-ring (bicyclic) bond motifs is 3. The third-order valence-corrected chi connectivity index (χ3v) is 5.46. The van der Waals surface area contributed by atoms with Crippen molar-refractivity contribution in [2.45, 2.75) is 38.5 Å². The lowest BCUT2D eigenvalue weighted by molar-refractivity contribution is -0.583. The monoisotopic (exact) mass is 378 g/mol. The van der Waals surface area contributed by atoms with Gasteiger partial charge in [-0.25, -0.2) is 9.37 Å². The lowest BCUT2D eigenvalue weighted by Crippen LogP contribution is -2.33. The van der Waals surface area contributed by atoms with E-state index in [1.54, 1.807) is 17.4 Å². The van der Waals surface area contributed by atoms with Gasteiger partial charge < -0.3 is 9.73 Å². The highest BCUT2D eigenvalue weighted by atomic mass is 19.1. The molecule has 1 fully saturated rings. The molecule has 1 aliphatic rings. The summed E-state index contributed by atoms with van der Waals surface area (Å²) in [6.45, 7) is 1.59. The van der Waals surface area contributed by atoms with Crippen LogP contribution in [0.1, 0.15) is 48.7 Å².